The highest BCUT2D eigenvalue weighted by Crippen LogP contribution is 2.13. The van der Waals surface area contributed by atoms with Gasteiger partial charge in [0.1, 0.15) is 16.9 Å². The first kappa shape index (κ1) is 11.8. The highest BCUT2D eigenvalue weighted by molar-refractivity contribution is 6.30. The number of nitrogens with zero attached hydrogens (tertiary/aromatic N) is 4. The van der Waals surface area contributed by atoms with E-state index in [1.807, 2.05) is 0 Å². The van der Waals surface area contributed by atoms with E-state index in [0.717, 1.165) is 0 Å². The molecule has 17 heavy (non-hydrogen) atoms. The number of amides is 1. The maximum Gasteiger partial charge on any atom is 0.253 e. The van der Waals surface area contributed by atoms with Crippen LogP contribution in [0.1, 0.15) is 0 Å². The van der Waals surface area contributed by atoms with Crippen LogP contribution in [0.5, 0.6) is 0 Å². The van der Waals surface area contributed by atoms with Gasteiger partial charge in [0, 0.05) is 18.5 Å². The number of carbonyl (C=O) groups excluding carboxylic acids is 1. The number of hydrogen-bond acceptors (Lipinski definition) is 4. The smallest absolute Gasteiger partial charge is 0.253 e. The van der Waals surface area contributed by atoms with Crippen LogP contribution >= 0.6 is 23.2 Å². The van der Waals surface area contributed by atoms with Crippen LogP contribution in [0.4, 0.5) is 5.82 Å². The number of halogens is 2. The number of carbonyl (C=O) groups is 1. The van der Waals surface area contributed by atoms with Crippen LogP contribution in [0.25, 0.3) is 5.95 Å². The number of hydrogen-bond donors (Lipinski definition) is 1. The summed E-state index contributed by atoms with van der Waals surface area (Å²) in [4.78, 5) is 19.2. The minimum Gasteiger partial charge on any atom is -0.309 e. The zero-order valence-electron chi connectivity index (χ0n) is 8.47. The van der Waals surface area contributed by atoms with Crippen LogP contribution in [0.2, 0.25) is 5.15 Å². The van der Waals surface area contributed by atoms with Crippen molar-refractivity contribution in [3.63, 3.8) is 0 Å². The van der Waals surface area contributed by atoms with E-state index in [4.69, 9.17) is 23.2 Å². The van der Waals surface area contributed by atoms with E-state index in [2.05, 4.69) is 20.4 Å². The third-order valence-electron chi connectivity index (χ3n) is 1.78. The number of anilines is 1. The molecule has 0 bridgehead atoms. The van der Waals surface area contributed by atoms with E-state index in [0.29, 0.717) is 0 Å². The van der Waals surface area contributed by atoms with Crippen molar-refractivity contribution in [3.05, 3.63) is 29.7 Å². The Kier molecular flexibility index (Phi) is 3.55. The molecule has 2 aromatic rings. The van der Waals surface area contributed by atoms with Gasteiger partial charge in [-0.05, 0) is 6.07 Å². The highest BCUT2D eigenvalue weighted by Gasteiger charge is 2.07. The van der Waals surface area contributed by atoms with Crippen LogP contribution in [-0.2, 0) is 4.79 Å². The van der Waals surface area contributed by atoms with Crippen LogP contribution in [0.3, 0.4) is 0 Å². The molecule has 2 heterocycles. The van der Waals surface area contributed by atoms with Gasteiger partial charge in [0.25, 0.3) is 5.95 Å². The van der Waals surface area contributed by atoms with Crippen molar-refractivity contribution in [2.45, 2.75) is 0 Å². The zero-order valence-corrected chi connectivity index (χ0v) is 9.98. The summed E-state index contributed by atoms with van der Waals surface area (Å²) in [6, 6.07) is 3.15. The predicted octanol–water partition coefficient (Wildman–Crippen LogP) is 1.49. The Balaban J connectivity index is 2.33. The molecule has 0 spiro atoms. The molecular formula is C9H7Cl2N5O. The monoisotopic (exact) mass is 271 g/mol. The predicted molar refractivity (Wildman–Crippen MR) is 63.5 cm³/mol. The molecule has 88 valence electrons. The maximum atomic E-state index is 11.1. The Hall–Kier alpha value is -1.66. The summed E-state index contributed by atoms with van der Waals surface area (Å²) in [5.41, 5.74) is 0. The lowest BCUT2D eigenvalue weighted by Crippen LogP contribution is -2.15. The second kappa shape index (κ2) is 5.11. The van der Waals surface area contributed by atoms with Crippen molar-refractivity contribution < 1.29 is 4.79 Å². The summed E-state index contributed by atoms with van der Waals surface area (Å²) >= 11 is 11.2. The molecule has 2 rings (SSSR count). The van der Waals surface area contributed by atoms with Gasteiger partial charge in [0.2, 0.25) is 5.91 Å². The minimum absolute atomic E-state index is 0.154. The average molecular weight is 272 g/mol. The highest BCUT2D eigenvalue weighted by atomic mass is 35.5. The molecule has 2 aromatic heterocycles. The van der Waals surface area contributed by atoms with Crippen molar-refractivity contribution >= 4 is 34.9 Å². The zero-order chi connectivity index (χ0) is 12.3. The summed E-state index contributed by atoms with van der Waals surface area (Å²) in [5.74, 6) is 0.0278. The summed E-state index contributed by atoms with van der Waals surface area (Å²) in [5, 5.41) is 6.65. The molecule has 0 atom stereocenters. The van der Waals surface area contributed by atoms with E-state index in [1.54, 1.807) is 18.5 Å². The molecule has 0 aliphatic rings. The molecule has 0 fully saturated rings. The van der Waals surface area contributed by atoms with Crippen LogP contribution < -0.4 is 5.32 Å². The number of alkyl halides is 1. The van der Waals surface area contributed by atoms with E-state index in [1.165, 1.54) is 10.7 Å². The molecule has 0 aromatic carbocycles. The van der Waals surface area contributed by atoms with Gasteiger partial charge in [-0.15, -0.1) is 11.6 Å². The van der Waals surface area contributed by atoms with E-state index < -0.39 is 0 Å². The fourth-order valence-electron chi connectivity index (χ4n) is 1.14. The molecule has 0 unspecified atom stereocenters. The van der Waals surface area contributed by atoms with E-state index >= 15 is 0 Å². The number of aromatic nitrogens is 4. The van der Waals surface area contributed by atoms with Gasteiger partial charge in [-0.25, -0.2) is 4.68 Å². The molecule has 0 aliphatic heterocycles. The maximum absolute atomic E-state index is 11.1. The van der Waals surface area contributed by atoms with Gasteiger partial charge >= 0.3 is 0 Å². The molecular weight excluding hydrogens is 265 g/mol. The largest absolute Gasteiger partial charge is 0.309 e. The summed E-state index contributed by atoms with van der Waals surface area (Å²) < 4.78 is 1.43. The summed E-state index contributed by atoms with van der Waals surface area (Å²) in [6.45, 7) is 0. The SMILES string of the molecule is O=C(CCl)Nc1cc(Cl)nc(-n2cccn2)n1. The lowest BCUT2D eigenvalue weighted by atomic mass is 10.5. The lowest BCUT2D eigenvalue weighted by Gasteiger charge is -2.05. The van der Waals surface area contributed by atoms with Crippen molar-refractivity contribution in [3.8, 4) is 5.95 Å². The van der Waals surface area contributed by atoms with E-state index in [9.17, 15) is 4.79 Å². The molecule has 0 radical (unpaired) electrons. The Morgan fingerprint density at radius 2 is 2.29 bits per heavy atom. The van der Waals surface area contributed by atoms with Crippen molar-refractivity contribution in [2.75, 3.05) is 11.2 Å². The fourth-order valence-corrected chi connectivity index (χ4v) is 1.38. The van der Waals surface area contributed by atoms with Gasteiger partial charge in [0.05, 0.1) is 0 Å². The average Bonchev–Trinajstić information content (AvgIpc) is 2.81. The normalized spacial score (nSPS) is 10.2. The first-order valence-corrected chi connectivity index (χ1v) is 5.50. The first-order valence-electron chi connectivity index (χ1n) is 4.59. The topological polar surface area (TPSA) is 72.7 Å². The molecule has 8 heteroatoms. The quantitative estimate of drug-likeness (QED) is 0.678. The summed E-state index contributed by atoms with van der Waals surface area (Å²) in [7, 11) is 0. The third-order valence-corrected chi connectivity index (χ3v) is 2.22. The van der Waals surface area contributed by atoms with Gasteiger partial charge < -0.3 is 5.32 Å². The lowest BCUT2D eigenvalue weighted by molar-refractivity contribution is -0.113. The molecule has 0 saturated heterocycles. The van der Waals surface area contributed by atoms with Gasteiger partial charge in [-0.3, -0.25) is 4.79 Å². The summed E-state index contributed by atoms with van der Waals surface area (Å²) in [6.07, 6.45) is 3.25. The minimum atomic E-state index is -0.368. The van der Waals surface area contributed by atoms with Gasteiger partial charge in [0.15, 0.2) is 0 Å². The molecule has 6 nitrogen and oxygen atoms in total. The third kappa shape index (κ3) is 2.92. The molecule has 0 aliphatic carbocycles. The second-order valence-corrected chi connectivity index (χ2v) is 3.66. The molecule has 1 N–H and O–H groups in total. The fraction of sp³-hybridized carbons (Fsp3) is 0.111. The number of nitrogens with one attached hydrogen (secondary N) is 1. The van der Waals surface area contributed by atoms with Crippen molar-refractivity contribution in [2.24, 2.45) is 0 Å². The van der Waals surface area contributed by atoms with Crippen LogP contribution in [0.15, 0.2) is 24.5 Å². The molecule has 0 saturated carbocycles. The second-order valence-electron chi connectivity index (χ2n) is 3.01. The Labute approximate surface area is 107 Å². The molecule has 1 amide bonds. The van der Waals surface area contributed by atoms with Gasteiger partial charge in [-0.1, -0.05) is 11.6 Å². The number of rotatable bonds is 3. The first-order chi connectivity index (χ1) is 8.19. The standard InChI is InChI=1S/C9H7Cl2N5O/c10-5-8(17)14-7-4-6(11)13-9(15-7)16-3-1-2-12-16/h1-4H,5H2,(H,13,14,15,17). The van der Waals surface area contributed by atoms with E-state index in [-0.39, 0.29) is 28.7 Å². The Morgan fingerprint density at radius 1 is 1.47 bits per heavy atom. The van der Waals surface area contributed by atoms with Crippen molar-refractivity contribution in [1.29, 1.82) is 0 Å². The Bertz CT molecular complexity index is 528. The van der Waals surface area contributed by atoms with Crippen molar-refractivity contribution in [1.82, 2.24) is 19.7 Å². The Morgan fingerprint density at radius 3 is 2.94 bits per heavy atom. The van der Waals surface area contributed by atoms with Crippen LogP contribution in [-0.4, -0.2) is 31.5 Å². The van der Waals surface area contributed by atoms with Gasteiger partial charge in [-0.2, -0.15) is 15.1 Å². The van der Waals surface area contributed by atoms with Crippen LogP contribution in [0, 0.1) is 0 Å².